The first kappa shape index (κ1) is 14.5. The lowest BCUT2D eigenvalue weighted by molar-refractivity contribution is 0.326. The Bertz CT molecular complexity index is 569. The molecule has 0 radical (unpaired) electrons. The number of likely N-dealkylation sites (tertiary alicyclic amines) is 1. The molecule has 0 aliphatic carbocycles. The van der Waals surface area contributed by atoms with Crippen LogP contribution in [-0.2, 0) is 13.1 Å². The summed E-state index contributed by atoms with van der Waals surface area (Å²) in [6.45, 7) is 8.94. The van der Waals surface area contributed by atoms with E-state index in [1.54, 1.807) is 0 Å². The molecule has 1 N–H and O–H groups in total. The summed E-state index contributed by atoms with van der Waals surface area (Å²) in [4.78, 5) is 7.16. The van der Waals surface area contributed by atoms with Gasteiger partial charge in [-0.05, 0) is 63.1 Å². The maximum absolute atomic E-state index is 4.58. The predicted octanol–water partition coefficient (Wildman–Crippen LogP) is 2.63. The largest absolute Gasteiger partial charge is 0.332 e. The number of aromatic nitrogens is 2. The molecule has 3 rings (SSSR count). The van der Waals surface area contributed by atoms with Gasteiger partial charge in [-0.3, -0.25) is 0 Å². The maximum atomic E-state index is 4.58. The first-order valence-electron chi connectivity index (χ1n) is 8.24. The molecular weight excluding hydrogens is 260 g/mol. The molecule has 1 fully saturated rings. The van der Waals surface area contributed by atoms with E-state index in [1.807, 2.05) is 12.3 Å². The van der Waals surface area contributed by atoms with Crippen LogP contribution in [0.5, 0.6) is 0 Å². The lowest BCUT2D eigenvalue weighted by Crippen LogP contribution is -2.21. The van der Waals surface area contributed by atoms with Gasteiger partial charge in [0.25, 0.3) is 0 Å². The number of aryl methyl sites for hydroxylation is 1. The van der Waals surface area contributed by atoms with E-state index in [2.05, 4.69) is 39.0 Å². The zero-order valence-electron chi connectivity index (χ0n) is 13.0. The van der Waals surface area contributed by atoms with Crippen LogP contribution in [0, 0.1) is 0 Å². The molecule has 0 atom stereocenters. The second kappa shape index (κ2) is 7.05. The van der Waals surface area contributed by atoms with Gasteiger partial charge in [0.1, 0.15) is 5.65 Å². The highest BCUT2D eigenvalue weighted by Gasteiger charge is 2.12. The number of nitrogens with one attached hydrogen (secondary N) is 1. The Kier molecular flexibility index (Phi) is 4.88. The standard InChI is InChI=1S/C17H26N4/c1-2-18-13-15-14-21(17-16(15)7-5-8-19-17)12-6-11-20-9-3-4-10-20/h5,7-8,14,18H,2-4,6,9-13H2,1H3. The molecule has 1 saturated heterocycles. The van der Waals surface area contributed by atoms with Crippen LogP contribution in [0.2, 0.25) is 0 Å². The van der Waals surface area contributed by atoms with Gasteiger partial charge in [0.05, 0.1) is 0 Å². The van der Waals surface area contributed by atoms with Gasteiger partial charge in [0.2, 0.25) is 0 Å². The highest BCUT2D eigenvalue weighted by Crippen LogP contribution is 2.20. The van der Waals surface area contributed by atoms with Gasteiger partial charge in [-0.1, -0.05) is 6.92 Å². The minimum Gasteiger partial charge on any atom is -0.332 e. The zero-order valence-corrected chi connectivity index (χ0v) is 13.0. The molecule has 0 saturated carbocycles. The third-order valence-corrected chi connectivity index (χ3v) is 4.35. The van der Waals surface area contributed by atoms with Crippen molar-refractivity contribution in [1.29, 1.82) is 0 Å². The SMILES string of the molecule is CCNCc1cn(CCCN2CCCC2)c2ncccc12. The van der Waals surface area contributed by atoms with Gasteiger partial charge < -0.3 is 14.8 Å². The van der Waals surface area contributed by atoms with Crippen molar-refractivity contribution in [2.45, 2.75) is 39.3 Å². The van der Waals surface area contributed by atoms with Gasteiger partial charge in [-0.2, -0.15) is 0 Å². The Balaban J connectivity index is 1.68. The van der Waals surface area contributed by atoms with Crippen LogP contribution >= 0.6 is 0 Å². The number of pyridine rings is 1. The average molecular weight is 286 g/mol. The van der Waals surface area contributed by atoms with Crippen LogP contribution in [0.15, 0.2) is 24.5 Å². The van der Waals surface area contributed by atoms with Crippen molar-refractivity contribution in [3.05, 3.63) is 30.1 Å². The van der Waals surface area contributed by atoms with Gasteiger partial charge in [-0.15, -0.1) is 0 Å². The van der Waals surface area contributed by atoms with E-state index in [4.69, 9.17) is 0 Å². The van der Waals surface area contributed by atoms with E-state index in [0.29, 0.717) is 0 Å². The van der Waals surface area contributed by atoms with Gasteiger partial charge in [0, 0.05) is 30.9 Å². The molecule has 0 spiro atoms. The molecule has 0 bridgehead atoms. The average Bonchev–Trinajstić information content (AvgIpc) is 3.14. The molecule has 0 amide bonds. The quantitative estimate of drug-likeness (QED) is 0.849. The smallest absolute Gasteiger partial charge is 0.140 e. The van der Waals surface area contributed by atoms with Crippen LogP contribution in [0.4, 0.5) is 0 Å². The Morgan fingerprint density at radius 3 is 2.90 bits per heavy atom. The van der Waals surface area contributed by atoms with Crippen molar-refractivity contribution in [3.63, 3.8) is 0 Å². The second-order valence-electron chi connectivity index (χ2n) is 5.90. The first-order valence-corrected chi connectivity index (χ1v) is 8.24. The predicted molar refractivity (Wildman–Crippen MR) is 87.4 cm³/mol. The van der Waals surface area contributed by atoms with Crippen molar-refractivity contribution >= 4 is 11.0 Å². The lowest BCUT2D eigenvalue weighted by Gasteiger charge is -2.14. The summed E-state index contributed by atoms with van der Waals surface area (Å²) in [5.41, 5.74) is 2.49. The highest BCUT2D eigenvalue weighted by atomic mass is 15.1. The molecule has 114 valence electrons. The molecule has 2 aromatic heterocycles. The summed E-state index contributed by atoms with van der Waals surface area (Å²) >= 11 is 0. The molecule has 4 heteroatoms. The molecule has 0 unspecified atom stereocenters. The molecule has 1 aliphatic heterocycles. The molecular formula is C17H26N4. The number of nitrogens with zero attached hydrogens (tertiary/aromatic N) is 3. The zero-order chi connectivity index (χ0) is 14.5. The van der Waals surface area contributed by atoms with Crippen LogP contribution in [0.25, 0.3) is 11.0 Å². The van der Waals surface area contributed by atoms with Crippen LogP contribution in [0.1, 0.15) is 31.7 Å². The maximum Gasteiger partial charge on any atom is 0.140 e. The molecule has 3 heterocycles. The summed E-state index contributed by atoms with van der Waals surface area (Å²) < 4.78 is 2.33. The van der Waals surface area contributed by atoms with Gasteiger partial charge >= 0.3 is 0 Å². The normalized spacial score (nSPS) is 16.0. The highest BCUT2D eigenvalue weighted by molar-refractivity contribution is 5.80. The van der Waals surface area contributed by atoms with Gasteiger partial charge in [-0.25, -0.2) is 4.98 Å². The summed E-state index contributed by atoms with van der Waals surface area (Å²) in [6, 6.07) is 4.22. The third-order valence-electron chi connectivity index (χ3n) is 4.35. The van der Waals surface area contributed by atoms with E-state index >= 15 is 0 Å². The van der Waals surface area contributed by atoms with Crippen LogP contribution in [-0.4, -0.2) is 40.6 Å². The second-order valence-corrected chi connectivity index (χ2v) is 5.90. The molecule has 1 aliphatic rings. The first-order chi connectivity index (χ1) is 10.4. The van der Waals surface area contributed by atoms with E-state index < -0.39 is 0 Å². The summed E-state index contributed by atoms with van der Waals surface area (Å²) in [7, 11) is 0. The Labute approximate surface area is 127 Å². The van der Waals surface area contributed by atoms with Crippen molar-refractivity contribution in [1.82, 2.24) is 19.8 Å². The summed E-state index contributed by atoms with van der Waals surface area (Å²) in [5, 5.41) is 4.71. The topological polar surface area (TPSA) is 33.1 Å². The van der Waals surface area contributed by atoms with Gasteiger partial charge in [0.15, 0.2) is 0 Å². The fourth-order valence-electron chi connectivity index (χ4n) is 3.24. The van der Waals surface area contributed by atoms with Crippen molar-refractivity contribution < 1.29 is 0 Å². The monoisotopic (exact) mass is 286 g/mol. The fourth-order valence-corrected chi connectivity index (χ4v) is 3.24. The molecule has 4 nitrogen and oxygen atoms in total. The molecule has 21 heavy (non-hydrogen) atoms. The van der Waals surface area contributed by atoms with E-state index in [0.717, 1.165) is 25.3 Å². The van der Waals surface area contributed by atoms with E-state index in [9.17, 15) is 0 Å². The lowest BCUT2D eigenvalue weighted by atomic mass is 10.2. The van der Waals surface area contributed by atoms with Crippen molar-refractivity contribution in [2.24, 2.45) is 0 Å². The number of rotatable bonds is 7. The minimum atomic E-state index is 0.928. The Hall–Kier alpha value is -1.39. The number of fused-ring (bicyclic) bond motifs is 1. The van der Waals surface area contributed by atoms with Crippen LogP contribution < -0.4 is 5.32 Å². The van der Waals surface area contributed by atoms with Crippen molar-refractivity contribution in [2.75, 3.05) is 26.2 Å². The number of hydrogen-bond acceptors (Lipinski definition) is 3. The van der Waals surface area contributed by atoms with Crippen molar-refractivity contribution in [3.8, 4) is 0 Å². The summed E-state index contributed by atoms with van der Waals surface area (Å²) in [5.74, 6) is 0. The summed E-state index contributed by atoms with van der Waals surface area (Å²) in [6.07, 6.45) is 8.14. The minimum absolute atomic E-state index is 0.928. The van der Waals surface area contributed by atoms with Crippen LogP contribution in [0.3, 0.4) is 0 Å². The Morgan fingerprint density at radius 1 is 1.24 bits per heavy atom. The fraction of sp³-hybridized carbons (Fsp3) is 0.588. The number of hydrogen-bond donors (Lipinski definition) is 1. The van der Waals surface area contributed by atoms with E-state index in [-0.39, 0.29) is 0 Å². The van der Waals surface area contributed by atoms with E-state index in [1.165, 1.54) is 49.8 Å². The Morgan fingerprint density at radius 2 is 2.10 bits per heavy atom. The molecule has 0 aromatic carbocycles. The molecule has 2 aromatic rings. The third kappa shape index (κ3) is 3.44.